The summed E-state index contributed by atoms with van der Waals surface area (Å²) in [7, 11) is 0. The molecule has 0 bridgehead atoms. The number of nitrogen functional groups attached to an aromatic ring is 1. The minimum atomic E-state index is -1.19. The first-order valence-corrected chi connectivity index (χ1v) is 6.70. The van der Waals surface area contributed by atoms with E-state index in [4.69, 9.17) is 22.1 Å². The van der Waals surface area contributed by atoms with Gasteiger partial charge < -0.3 is 25.3 Å². The quantitative estimate of drug-likeness (QED) is 0.652. The predicted molar refractivity (Wildman–Crippen MR) is 73.3 cm³/mol. The van der Waals surface area contributed by atoms with Gasteiger partial charge in [-0.1, -0.05) is 0 Å². The lowest BCUT2D eigenvalue weighted by atomic mass is 10.1. The fraction of sp³-hybridized carbons (Fsp3) is 0.417. The number of aliphatic hydroxyl groups is 2. The number of alkyl halides is 1. The number of hydrogen-bond acceptors (Lipinski definition) is 7. The zero-order valence-electron chi connectivity index (χ0n) is 10.7. The molecule has 1 aliphatic heterocycles. The van der Waals surface area contributed by atoms with E-state index in [9.17, 15) is 15.5 Å². The lowest BCUT2D eigenvalue weighted by Crippen LogP contribution is -2.32. The van der Waals surface area contributed by atoms with Crippen molar-refractivity contribution in [3.63, 3.8) is 0 Å². The summed E-state index contributed by atoms with van der Waals surface area (Å²) < 4.78 is 7.01. The van der Waals surface area contributed by atoms with Gasteiger partial charge in [0.1, 0.15) is 42.2 Å². The Morgan fingerprint density at radius 1 is 1.43 bits per heavy atom. The molecular formula is C12H12ClN5O3. The van der Waals surface area contributed by atoms with Crippen LogP contribution < -0.4 is 5.73 Å². The smallest absolute Gasteiger partial charge is 0.164 e. The van der Waals surface area contributed by atoms with Crippen molar-refractivity contribution in [3.05, 3.63) is 18.1 Å². The molecule has 2 aromatic heterocycles. The SMILES string of the molecule is N#Cc1cn([C@@H]2O[C@H](CCl)[C@@H](O)[C@H]2O)c2ncnc(N)c12. The zero-order valence-corrected chi connectivity index (χ0v) is 11.5. The highest BCUT2D eigenvalue weighted by Gasteiger charge is 2.43. The topological polar surface area (TPSA) is 130 Å². The van der Waals surface area contributed by atoms with E-state index in [1.165, 1.54) is 17.1 Å². The highest BCUT2D eigenvalue weighted by Crippen LogP contribution is 2.34. The molecule has 4 N–H and O–H groups in total. The number of aromatic nitrogens is 3. The highest BCUT2D eigenvalue weighted by molar-refractivity contribution is 6.18. The Hall–Kier alpha value is -1.92. The van der Waals surface area contributed by atoms with Crippen LogP contribution >= 0.6 is 11.6 Å². The molecule has 0 amide bonds. The Bertz CT molecular complexity index is 727. The molecule has 1 aliphatic rings. The van der Waals surface area contributed by atoms with Gasteiger partial charge in [0.25, 0.3) is 0 Å². The van der Waals surface area contributed by atoms with Gasteiger partial charge >= 0.3 is 0 Å². The van der Waals surface area contributed by atoms with Crippen molar-refractivity contribution in [2.24, 2.45) is 0 Å². The van der Waals surface area contributed by atoms with E-state index >= 15 is 0 Å². The standard InChI is InChI=1S/C12H12ClN5O3/c13-1-6-8(19)9(20)12(21-6)18-3-5(2-14)7-10(15)16-4-17-11(7)18/h3-4,6,8-9,12,19-20H,1H2,(H2,15,16,17)/t6-,8-,9-,12-/m1/s1. The average molecular weight is 310 g/mol. The van der Waals surface area contributed by atoms with Crippen LogP contribution in [0.5, 0.6) is 0 Å². The van der Waals surface area contributed by atoms with E-state index in [1.54, 1.807) is 0 Å². The Balaban J connectivity index is 2.14. The maximum absolute atomic E-state index is 10.1. The van der Waals surface area contributed by atoms with Crippen molar-refractivity contribution >= 4 is 28.5 Å². The third-order valence-corrected chi connectivity index (χ3v) is 3.83. The third-order valence-electron chi connectivity index (χ3n) is 3.52. The summed E-state index contributed by atoms with van der Waals surface area (Å²) in [6, 6.07) is 2.00. The largest absolute Gasteiger partial charge is 0.387 e. The zero-order chi connectivity index (χ0) is 15.1. The minimum absolute atomic E-state index is 0.0379. The number of nitrogens with zero attached hydrogens (tertiary/aromatic N) is 4. The number of halogens is 1. The normalized spacial score (nSPS) is 28.9. The van der Waals surface area contributed by atoms with Gasteiger partial charge in [0.15, 0.2) is 6.23 Å². The number of rotatable bonds is 2. The van der Waals surface area contributed by atoms with Gasteiger partial charge in [-0.15, -0.1) is 11.6 Å². The molecule has 3 heterocycles. The van der Waals surface area contributed by atoms with Gasteiger partial charge in [0.2, 0.25) is 0 Å². The fourth-order valence-corrected chi connectivity index (χ4v) is 2.73. The van der Waals surface area contributed by atoms with Gasteiger partial charge in [-0.3, -0.25) is 0 Å². The maximum Gasteiger partial charge on any atom is 0.164 e. The second-order valence-electron chi connectivity index (χ2n) is 4.72. The van der Waals surface area contributed by atoms with Crippen LogP contribution in [0, 0.1) is 11.3 Å². The van der Waals surface area contributed by atoms with Gasteiger partial charge in [-0.2, -0.15) is 5.26 Å². The first kappa shape index (κ1) is 14.0. The van der Waals surface area contributed by atoms with Crippen molar-refractivity contribution in [1.29, 1.82) is 5.26 Å². The second kappa shape index (κ2) is 5.13. The molecule has 110 valence electrons. The summed E-state index contributed by atoms with van der Waals surface area (Å²) in [5.41, 5.74) is 6.39. The molecular weight excluding hydrogens is 298 g/mol. The van der Waals surface area contributed by atoms with E-state index < -0.39 is 24.5 Å². The molecule has 0 saturated carbocycles. The van der Waals surface area contributed by atoms with Gasteiger partial charge in [-0.05, 0) is 0 Å². The molecule has 21 heavy (non-hydrogen) atoms. The van der Waals surface area contributed by atoms with Crippen LogP contribution in [0.4, 0.5) is 5.82 Å². The highest BCUT2D eigenvalue weighted by atomic mass is 35.5. The van der Waals surface area contributed by atoms with Gasteiger partial charge in [0.05, 0.1) is 16.8 Å². The van der Waals surface area contributed by atoms with Gasteiger partial charge in [0, 0.05) is 6.20 Å². The Morgan fingerprint density at radius 2 is 2.19 bits per heavy atom. The number of nitriles is 1. The molecule has 9 heteroatoms. The molecule has 8 nitrogen and oxygen atoms in total. The van der Waals surface area contributed by atoms with Crippen LogP contribution in [0.2, 0.25) is 0 Å². The Labute approximate surface area is 124 Å². The van der Waals surface area contributed by atoms with Crippen molar-refractivity contribution in [3.8, 4) is 6.07 Å². The number of anilines is 1. The van der Waals surface area contributed by atoms with Crippen LogP contribution in [-0.2, 0) is 4.74 Å². The first-order valence-electron chi connectivity index (χ1n) is 6.17. The monoisotopic (exact) mass is 309 g/mol. The molecule has 0 aliphatic carbocycles. The molecule has 1 saturated heterocycles. The summed E-state index contributed by atoms with van der Waals surface area (Å²) in [4.78, 5) is 7.93. The number of hydrogen-bond donors (Lipinski definition) is 3. The van der Waals surface area contributed by atoms with E-state index in [2.05, 4.69) is 9.97 Å². The number of aliphatic hydroxyl groups excluding tert-OH is 2. The molecule has 1 fully saturated rings. The van der Waals surface area contributed by atoms with E-state index in [-0.39, 0.29) is 17.3 Å². The van der Waals surface area contributed by atoms with E-state index in [1.807, 2.05) is 6.07 Å². The molecule has 0 radical (unpaired) electrons. The fourth-order valence-electron chi connectivity index (χ4n) is 2.47. The molecule has 3 rings (SSSR count). The summed E-state index contributed by atoms with van der Waals surface area (Å²) in [5, 5.41) is 29.6. The second-order valence-corrected chi connectivity index (χ2v) is 5.03. The van der Waals surface area contributed by atoms with Crippen molar-refractivity contribution in [1.82, 2.24) is 14.5 Å². The molecule has 0 aromatic carbocycles. The summed E-state index contributed by atoms with van der Waals surface area (Å²) in [6.07, 6.45) is -1.18. The predicted octanol–water partition coefficient (Wildman–Crippen LogP) is -0.257. The van der Waals surface area contributed by atoms with E-state index in [0.29, 0.717) is 11.0 Å². The lowest BCUT2D eigenvalue weighted by molar-refractivity contribution is -0.0288. The number of ether oxygens (including phenoxy) is 1. The first-order chi connectivity index (χ1) is 10.1. The van der Waals surface area contributed by atoms with Gasteiger partial charge in [-0.25, -0.2) is 9.97 Å². The Kier molecular flexibility index (Phi) is 3.43. The number of nitrogens with two attached hydrogens (primary N) is 1. The minimum Gasteiger partial charge on any atom is -0.387 e. The summed E-state index contributed by atoms with van der Waals surface area (Å²) in [6.45, 7) is 0. The van der Waals surface area contributed by atoms with Crippen LogP contribution in [0.15, 0.2) is 12.5 Å². The number of fused-ring (bicyclic) bond motifs is 1. The van der Waals surface area contributed by atoms with E-state index in [0.717, 1.165) is 0 Å². The van der Waals surface area contributed by atoms with Crippen LogP contribution in [0.25, 0.3) is 11.0 Å². The summed E-state index contributed by atoms with van der Waals surface area (Å²) in [5.74, 6) is 0.202. The Morgan fingerprint density at radius 3 is 2.81 bits per heavy atom. The van der Waals surface area contributed by atoms with Crippen LogP contribution in [-0.4, -0.2) is 48.9 Å². The van der Waals surface area contributed by atoms with Crippen molar-refractivity contribution in [2.75, 3.05) is 11.6 Å². The van der Waals surface area contributed by atoms with Crippen molar-refractivity contribution < 1.29 is 14.9 Å². The maximum atomic E-state index is 10.1. The van der Waals surface area contributed by atoms with Crippen LogP contribution in [0.1, 0.15) is 11.8 Å². The van der Waals surface area contributed by atoms with Crippen LogP contribution in [0.3, 0.4) is 0 Å². The van der Waals surface area contributed by atoms with Crippen molar-refractivity contribution in [2.45, 2.75) is 24.5 Å². The average Bonchev–Trinajstić information content (AvgIpc) is 2.99. The molecule has 0 unspecified atom stereocenters. The lowest BCUT2D eigenvalue weighted by Gasteiger charge is -2.17. The third kappa shape index (κ3) is 2.02. The molecule has 2 aromatic rings. The molecule has 0 spiro atoms. The summed E-state index contributed by atoms with van der Waals surface area (Å²) >= 11 is 5.69. The molecule has 4 atom stereocenters.